The number of carbonyl (C=O) groups excluding carboxylic acids is 1. The predicted molar refractivity (Wildman–Crippen MR) is 179 cm³/mol. The van der Waals surface area contributed by atoms with Crippen molar-refractivity contribution in [2.45, 2.75) is 44.9 Å². The lowest BCUT2D eigenvalue weighted by molar-refractivity contribution is -0.192. The van der Waals surface area contributed by atoms with Gasteiger partial charge in [0.05, 0.1) is 13.7 Å². The zero-order valence-corrected chi connectivity index (χ0v) is 27.4. The van der Waals surface area contributed by atoms with Crippen LogP contribution in [0.2, 0.25) is 0 Å². The number of aromatic nitrogens is 4. The SMILES string of the molecule is CCc1cnc(NC(=O)c2ccc(Oc3ccnc4c3c(N[C@@H]3CCCNC3)nn4Cc3ccc(OC)cc3)cc2)s1.O=C(O)C(F)(F)F. The number of carboxylic acids is 1. The third-order valence-electron chi connectivity index (χ3n) is 7.43. The number of halogens is 3. The molecule has 12 nitrogen and oxygen atoms in total. The van der Waals surface area contributed by atoms with E-state index in [1.165, 1.54) is 11.3 Å². The van der Waals surface area contributed by atoms with Gasteiger partial charge in [-0.2, -0.15) is 18.3 Å². The smallest absolute Gasteiger partial charge is 0.490 e. The molecule has 1 atom stereocenters. The molecule has 2 aromatic carbocycles. The average molecular weight is 698 g/mol. The van der Waals surface area contributed by atoms with E-state index < -0.39 is 12.1 Å². The van der Waals surface area contributed by atoms with Crippen LogP contribution in [0.25, 0.3) is 11.0 Å². The Balaban J connectivity index is 0.000000606. The van der Waals surface area contributed by atoms with Crippen LogP contribution in [-0.2, 0) is 17.8 Å². The normalized spacial score (nSPS) is 14.4. The first-order valence-electron chi connectivity index (χ1n) is 15.3. The highest BCUT2D eigenvalue weighted by Gasteiger charge is 2.38. The van der Waals surface area contributed by atoms with E-state index in [0.29, 0.717) is 28.7 Å². The summed E-state index contributed by atoms with van der Waals surface area (Å²) in [7, 11) is 1.66. The number of alkyl halides is 3. The first-order valence-corrected chi connectivity index (χ1v) is 16.2. The standard InChI is InChI=1S/C31H33N7O3S.C2HF3O2/c1-3-25-18-34-31(42-25)36-30(39)21-8-12-24(13-9-21)41-26-14-16-33-29-27(26)28(35-22-5-4-15-32-17-22)37-38(29)19-20-6-10-23(40-2)11-7-20;3-2(4,5)1(6)7/h6-14,16,18,22,32H,3-5,15,17,19H2,1-2H3,(H,35,37)(H,34,36,39);(H,6,7)/t22-;/m1./s1. The van der Waals surface area contributed by atoms with Crippen molar-refractivity contribution in [2.24, 2.45) is 0 Å². The molecule has 3 aromatic heterocycles. The lowest BCUT2D eigenvalue weighted by atomic mass is 10.1. The molecular formula is C33H34F3N7O5S. The van der Waals surface area contributed by atoms with Gasteiger partial charge in [0.15, 0.2) is 16.6 Å². The summed E-state index contributed by atoms with van der Waals surface area (Å²) >= 11 is 1.48. The van der Waals surface area contributed by atoms with Crippen LogP contribution in [0, 0.1) is 0 Å². The van der Waals surface area contributed by atoms with Crippen LogP contribution in [0.5, 0.6) is 17.2 Å². The number of thiazole rings is 1. The van der Waals surface area contributed by atoms with Gasteiger partial charge in [0.25, 0.3) is 5.91 Å². The van der Waals surface area contributed by atoms with Gasteiger partial charge in [-0.1, -0.05) is 19.1 Å². The number of rotatable bonds is 10. The molecule has 0 saturated carbocycles. The number of pyridine rings is 1. The molecule has 0 aliphatic carbocycles. The Hall–Kier alpha value is -5.22. The minimum absolute atomic E-state index is 0.211. The minimum atomic E-state index is -5.08. The lowest BCUT2D eigenvalue weighted by Crippen LogP contribution is -2.38. The number of carbonyl (C=O) groups is 2. The number of ether oxygens (including phenoxy) is 2. The van der Waals surface area contributed by atoms with Gasteiger partial charge < -0.3 is 25.2 Å². The zero-order chi connectivity index (χ0) is 35.0. The van der Waals surface area contributed by atoms with E-state index in [-0.39, 0.29) is 11.9 Å². The average Bonchev–Trinajstić information content (AvgIpc) is 3.70. The molecule has 0 spiro atoms. The first kappa shape index (κ1) is 35.1. The predicted octanol–water partition coefficient (Wildman–Crippen LogP) is 6.35. The number of amides is 1. The maximum Gasteiger partial charge on any atom is 0.490 e. The molecule has 1 aliphatic rings. The third kappa shape index (κ3) is 9.23. The molecule has 1 saturated heterocycles. The molecule has 0 bridgehead atoms. The van der Waals surface area contributed by atoms with Crippen LogP contribution in [0.1, 0.15) is 40.6 Å². The lowest BCUT2D eigenvalue weighted by Gasteiger charge is -2.23. The van der Waals surface area contributed by atoms with Crippen molar-refractivity contribution < 1.29 is 37.3 Å². The highest BCUT2D eigenvalue weighted by atomic mass is 32.1. The summed E-state index contributed by atoms with van der Waals surface area (Å²) in [6.45, 7) is 4.50. The van der Waals surface area contributed by atoms with Gasteiger partial charge in [0.1, 0.15) is 22.6 Å². The largest absolute Gasteiger partial charge is 0.497 e. The number of carboxylic acid groups (broad SMARTS) is 1. The summed E-state index contributed by atoms with van der Waals surface area (Å²) in [5, 5.41) is 23.4. The molecule has 49 heavy (non-hydrogen) atoms. The molecule has 1 fully saturated rings. The number of fused-ring (bicyclic) bond motifs is 1. The molecular weight excluding hydrogens is 663 g/mol. The number of hydrogen-bond acceptors (Lipinski definition) is 10. The van der Waals surface area contributed by atoms with Gasteiger partial charge >= 0.3 is 12.1 Å². The van der Waals surface area contributed by atoms with Crippen LogP contribution >= 0.6 is 11.3 Å². The molecule has 5 aromatic rings. The molecule has 1 amide bonds. The fourth-order valence-electron chi connectivity index (χ4n) is 4.94. The van der Waals surface area contributed by atoms with Crippen molar-refractivity contribution in [3.8, 4) is 17.2 Å². The van der Waals surface area contributed by atoms with Crippen LogP contribution < -0.4 is 25.4 Å². The van der Waals surface area contributed by atoms with Crippen LogP contribution in [0.4, 0.5) is 24.1 Å². The Kier molecular flexibility index (Phi) is 11.3. The van der Waals surface area contributed by atoms with Crippen molar-refractivity contribution in [2.75, 3.05) is 30.8 Å². The molecule has 6 rings (SSSR count). The van der Waals surface area contributed by atoms with Gasteiger partial charge in [-0.3, -0.25) is 10.1 Å². The van der Waals surface area contributed by atoms with E-state index in [4.69, 9.17) is 29.5 Å². The summed E-state index contributed by atoms with van der Waals surface area (Å²) in [5.41, 5.74) is 2.33. The number of piperidine rings is 1. The Morgan fingerprint density at radius 1 is 1.08 bits per heavy atom. The van der Waals surface area contributed by atoms with Crippen LogP contribution in [-0.4, -0.2) is 69.1 Å². The van der Waals surface area contributed by atoms with Crippen molar-refractivity contribution in [1.82, 2.24) is 25.1 Å². The molecule has 4 heterocycles. The second kappa shape index (κ2) is 15.8. The molecule has 0 radical (unpaired) electrons. The molecule has 4 N–H and O–H groups in total. The van der Waals surface area contributed by atoms with E-state index in [1.807, 2.05) is 35.0 Å². The topological polar surface area (TPSA) is 153 Å². The first-order chi connectivity index (χ1) is 23.5. The Morgan fingerprint density at radius 2 is 1.80 bits per heavy atom. The molecule has 1 aliphatic heterocycles. The third-order valence-corrected chi connectivity index (χ3v) is 8.49. The number of anilines is 2. The summed E-state index contributed by atoms with van der Waals surface area (Å²) in [6.07, 6.45) is 1.49. The van der Waals surface area contributed by atoms with Crippen molar-refractivity contribution in [3.05, 3.63) is 83.0 Å². The summed E-state index contributed by atoms with van der Waals surface area (Å²) < 4.78 is 45.3. The van der Waals surface area contributed by atoms with E-state index in [2.05, 4.69) is 27.9 Å². The second-order valence-corrected chi connectivity index (χ2v) is 12.0. The summed E-state index contributed by atoms with van der Waals surface area (Å²) in [5.74, 6) is -0.178. The fraction of sp³-hybridized carbons (Fsp3) is 0.303. The second-order valence-electron chi connectivity index (χ2n) is 10.9. The van der Waals surface area contributed by atoms with Crippen LogP contribution in [0.15, 0.2) is 67.0 Å². The summed E-state index contributed by atoms with van der Waals surface area (Å²) in [4.78, 5) is 31.7. The Morgan fingerprint density at radius 3 is 2.41 bits per heavy atom. The molecule has 258 valence electrons. The number of nitrogens with zero attached hydrogens (tertiary/aromatic N) is 4. The number of hydrogen-bond donors (Lipinski definition) is 4. The van der Waals surface area contributed by atoms with Crippen LogP contribution in [0.3, 0.4) is 0 Å². The Bertz CT molecular complexity index is 1870. The number of nitrogens with one attached hydrogen (secondary N) is 3. The number of methoxy groups -OCH3 is 1. The maximum absolute atomic E-state index is 12.8. The quantitative estimate of drug-likeness (QED) is 0.130. The number of aliphatic carboxylic acids is 1. The zero-order valence-electron chi connectivity index (χ0n) is 26.6. The molecule has 0 unspecified atom stereocenters. The van der Waals surface area contributed by atoms with E-state index >= 15 is 0 Å². The molecule has 16 heteroatoms. The van der Waals surface area contributed by atoms with E-state index in [9.17, 15) is 18.0 Å². The highest BCUT2D eigenvalue weighted by Crippen LogP contribution is 2.35. The number of benzene rings is 2. The van der Waals surface area contributed by atoms with Gasteiger partial charge in [0, 0.05) is 41.5 Å². The van der Waals surface area contributed by atoms with Crippen molar-refractivity contribution in [3.63, 3.8) is 0 Å². The summed E-state index contributed by atoms with van der Waals surface area (Å²) in [6, 6.07) is 17.1. The number of aryl methyl sites for hydroxylation is 1. The van der Waals surface area contributed by atoms with Gasteiger partial charge in [0.2, 0.25) is 0 Å². The van der Waals surface area contributed by atoms with E-state index in [1.54, 1.807) is 43.8 Å². The van der Waals surface area contributed by atoms with Crippen molar-refractivity contribution in [1.29, 1.82) is 0 Å². The van der Waals surface area contributed by atoms with Gasteiger partial charge in [-0.15, -0.1) is 11.3 Å². The van der Waals surface area contributed by atoms with Crippen molar-refractivity contribution >= 4 is 45.2 Å². The van der Waals surface area contributed by atoms with Gasteiger partial charge in [-0.05, 0) is 67.8 Å². The highest BCUT2D eigenvalue weighted by molar-refractivity contribution is 7.15. The minimum Gasteiger partial charge on any atom is -0.497 e. The monoisotopic (exact) mass is 697 g/mol. The fourth-order valence-corrected chi connectivity index (χ4v) is 5.69. The Labute approximate surface area is 283 Å². The van der Waals surface area contributed by atoms with E-state index in [0.717, 1.165) is 65.4 Å². The van der Waals surface area contributed by atoms with Gasteiger partial charge in [-0.25, -0.2) is 19.4 Å². The maximum atomic E-state index is 12.8.